The molecule has 0 saturated heterocycles. The first-order chi connectivity index (χ1) is 13.1. The third kappa shape index (κ3) is 4.50. The van der Waals surface area contributed by atoms with Crippen LogP contribution in [0.2, 0.25) is 0 Å². The Bertz CT molecular complexity index is 963. The molecule has 2 amide bonds. The molecular weight excluding hydrogens is 338 g/mol. The van der Waals surface area contributed by atoms with Gasteiger partial charge in [0.1, 0.15) is 5.69 Å². The van der Waals surface area contributed by atoms with Crippen LogP contribution < -0.4 is 10.6 Å². The van der Waals surface area contributed by atoms with Gasteiger partial charge in [0.25, 0.3) is 11.8 Å². The smallest absolute Gasteiger partial charge is 0.270 e. The average molecular weight is 361 g/mol. The summed E-state index contributed by atoms with van der Waals surface area (Å²) in [5, 5.41) is 7.63. The molecule has 3 aromatic rings. The van der Waals surface area contributed by atoms with Gasteiger partial charge in [0, 0.05) is 29.7 Å². The molecule has 1 atom stereocenters. The predicted octanol–water partition coefficient (Wildman–Crippen LogP) is 3.69. The zero-order chi connectivity index (χ0) is 19.2. The number of hydrogen-bond acceptors (Lipinski definition) is 3. The molecule has 138 valence electrons. The summed E-state index contributed by atoms with van der Waals surface area (Å²) in [5.41, 5.74) is 1.85. The number of nitrogens with one attached hydrogen (secondary N) is 2. The summed E-state index contributed by atoms with van der Waals surface area (Å²) >= 11 is 0. The monoisotopic (exact) mass is 361 g/mol. The van der Waals surface area contributed by atoms with Crippen molar-refractivity contribution in [2.24, 2.45) is 0 Å². The number of rotatable bonds is 6. The topological polar surface area (TPSA) is 71.1 Å². The van der Waals surface area contributed by atoms with E-state index >= 15 is 0 Å². The molecule has 0 saturated carbocycles. The molecule has 27 heavy (non-hydrogen) atoms. The fraction of sp³-hybridized carbons (Fsp3) is 0.227. The van der Waals surface area contributed by atoms with E-state index in [-0.39, 0.29) is 17.9 Å². The molecule has 0 fully saturated rings. The molecule has 2 N–H and O–H groups in total. The van der Waals surface area contributed by atoms with Gasteiger partial charge >= 0.3 is 0 Å². The van der Waals surface area contributed by atoms with E-state index in [9.17, 15) is 9.59 Å². The molecular formula is C22H23N3O2. The Morgan fingerprint density at radius 2 is 1.85 bits per heavy atom. The van der Waals surface area contributed by atoms with Crippen LogP contribution in [0.3, 0.4) is 0 Å². The molecule has 2 aromatic carbocycles. The van der Waals surface area contributed by atoms with E-state index in [4.69, 9.17) is 0 Å². The molecule has 0 aliphatic heterocycles. The van der Waals surface area contributed by atoms with Gasteiger partial charge < -0.3 is 10.6 Å². The second kappa shape index (κ2) is 8.45. The fourth-order valence-corrected chi connectivity index (χ4v) is 2.80. The Morgan fingerprint density at radius 3 is 2.67 bits per heavy atom. The highest BCUT2D eigenvalue weighted by Gasteiger charge is 2.12. The van der Waals surface area contributed by atoms with E-state index in [1.54, 1.807) is 18.3 Å². The third-order valence-corrected chi connectivity index (χ3v) is 4.52. The summed E-state index contributed by atoms with van der Waals surface area (Å²) in [6, 6.07) is 16.9. The number of nitrogens with zero attached hydrogens (tertiary/aromatic N) is 1. The van der Waals surface area contributed by atoms with Gasteiger partial charge in [0.15, 0.2) is 0 Å². The molecule has 0 bridgehead atoms. The molecule has 1 unspecified atom stereocenters. The van der Waals surface area contributed by atoms with Gasteiger partial charge in [-0.3, -0.25) is 14.6 Å². The number of benzene rings is 2. The summed E-state index contributed by atoms with van der Waals surface area (Å²) in [4.78, 5) is 29.1. The maximum atomic E-state index is 12.6. The van der Waals surface area contributed by atoms with E-state index in [1.165, 1.54) is 0 Å². The van der Waals surface area contributed by atoms with E-state index in [0.717, 1.165) is 22.8 Å². The minimum absolute atomic E-state index is 0.103. The molecule has 5 nitrogen and oxygen atoms in total. The zero-order valence-electron chi connectivity index (χ0n) is 15.5. The number of carbonyl (C=O) groups excluding carboxylic acids is 2. The van der Waals surface area contributed by atoms with Gasteiger partial charge in [-0.1, -0.05) is 43.3 Å². The number of carbonyl (C=O) groups is 2. The number of fused-ring (bicyclic) bond motifs is 1. The van der Waals surface area contributed by atoms with Gasteiger partial charge in [-0.25, -0.2) is 0 Å². The molecule has 0 radical (unpaired) electrons. The van der Waals surface area contributed by atoms with Crippen LogP contribution in [0, 0.1) is 0 Å². The second-order valence-corrected chi connectivity index (χ2v) is 6.55. The third-order valence-electron chi connectivity index (χ3n) is 4.52. The van der Waals surface area contributed by atoms with E-state index < -0.39 is 0 Å². The largest absolute Gasteiger partial charge is 0.350 e. The van der Waals surface area contributed by atoms with Crippen LogP contribution in [0.1, 0.15) is 46.7 Å². The lowest BCUT2D eigenvalue weighted by molar-refractivity contribution is 0.0936. The highest BCUT2D eigenvalue weighted by atomic mass is 16.2. The average Bonchev–Trinajstić information content (AvgIpc) is 2.71. The standard InChI is InChI=1S/C22H23N3O2/c1-3-15(2)25-21(26)18-9-6-7-16(13-18)14-24-22(27)20-19-10-5-4-8-17(19)11-12-23-20/h4-13,15H,3,14H2,1-2H3,(H,24,27)(H,25,26). The highest BCUT2D eigenvalue weighted by molar-refractivity contribution is 6.05. The predicted molar refractivity (Wildman–Crippen MR) is 107 cm³/mol. The molecule has 0 aliphatic rings. The number of hydrogen-bond donors (Lipinski definition) is 2. The highest BCUT2D eigenvalue weighted by Crippen LogP contribution is 2.16. The molecule has 1 heterocycles. The summed E-state index contributed by atoms with van der Waals surface area (Å²) in [7, 11) is 0. The Balaban J connectivity index is 1.70. The lowest BCUT2D eigenvalue weighted by Crippen LogP contribution is -2.32. The molecule has 1 aromatic heterocycles. The van der Waals surface area contributed by atoms with E-state index in [0.29, 0.717) is 17.8 Å². The van der Waals surface area contributed by atoms with Crippen LogP contribution in [0.5, 0.6) is 0 Å². The second-order valence-electron chi connectivity index (χ2n) is 6.55. The van der Waals surface area contributed by atoms with Crippen molar-refractivity contribution in [1.82, 2.24) is 15.6 Å². The van der Waals surface area contributed by atoms with Crippen LogP contribution in [-0.4, -0.2) is 22.8 Å². The number of amides is 2. The van der Waals surface area contributed by atoms with Gasteiger partial charge in [0.05, 0.1) is 0 Å². The van der Waals surface area contributed by atoms with Crippen molar-refractivity contribution in [2.75, 3.05) is 0 Å². The maximum absolute atomic E-state index is 12.6. The summed E-state index contributed by atoms with van der Waals surface area (Å²) in [5.74, 6) is -0.338. The molecule has 3 rings (SSSR count). The van der Waals surface area contributed by atoms with Gasteiger partial charge in [0.2, 0.25) is 0 Å². The minimum Gasteiger partial charge on any atom is -0.350 e. The number of aromatic nitrogens is 1. The minimum atomic E-state index is -0.235. The van der Waals surface area contributed by atoms with Crippen molar-refractivity contribution >= 4 is 22.6 Å². The summed E-state index contributed by atoms with van der Waals surface area (Å²) in [6.45, 7) is 4.32. The zero-order valence-corrected chi connectivity index (χ0v) is 15.5. The van der Waals surface area contributed by atoms with Gasteiger partial charge in [-0.15, -0.1) is 0 Å². The normalized spacial score (nSPS) is 11.8. The van der Waals surface area contributed by atoms with Crippen molar-refractivity contribution in [3.05, 3.63) is 77.6 Å². The van der Waals surface area contributed by atoms with E-state index in [1.807, 2.05) is 56.3 Å². The van der Waals surface area contributed by atoms with Crippen LogP contribution in [0.15, 0.2) is 60.8 Å². The van der Waals surface area contributed by atoms with Crippen LogP contribution in [-0.2, 0) is 6.54 Å². The van der Waals surface area contributed by atoms with Gasteiger partial charge in [-0.05, 0) is 42.5 Å². The lowest BCUT2D eigenvalue weighted by atomic mass is 10.1. The van der Waals surface area contributed by atoms with Crippen molar-refractivity contribution in [3.63, 3.8) is 0 Å². The van der Waals surface area contributed by atoms with E-state index in [2.05, 4.69) is 15.6 Å². The first kappa shape index (κ1) is 18.6. The molecule has 0 aliphatic carbocycles. The number of pyridine rings is 1. The van der Waals surface area contributed by atoms with Crippen molar-refractivity contribution < 1.29 is 9.59 Å². The Kier molecular flexibility index (Phi) is 5.81. The van der Waals surface area contributed by atoms with Crippen LogP contribution in [0.25, 0.3) is 10.8 Å². The maximum Gasteiger partial charge on any atom is 0.270 e. The summed E-state index contributed by atoms with van der Waals surface area (Å²) in [6.07, 6.45) is 2.51. The Labute approximate surface area is 158 Å². The van der Waals surface area contributed by atoms with Gasteiger partial charge in [-0.2, -0.15) is 0 Å². The molecule has 5 heteroatoms. The molecule has 0 spiro atoms. The summed E-state index contributed by atoms with van der Waals surface area (Å²) < 4.78 is 0. The van der Waals surface area contributed by atoms with Crippen molar-refractivity contribution in [3.8, 4) is 0 Å². The first-order valence-electron chi connectivity index (χ1n) is 9.10. The lowest BCUT2D eigenvalue weighted by Gasteiger charge is -2.12. The van der Waals surface area contributed by atoms with Crippen LogP contribution >= 0.6 is 0 Å². The SMILES string of the molecule is CCC(C)NC(=O)c1cccc(CNC(=O)c2nccc3ccccc23)c1. The quantitative estimate of drug-likeness (QED) is 0.703. The Hall–Kier alpha value is -3.21. The van der Waals surface area contributed by atoms with Crippen LogP contribution in [0.4, 0.5) is 0 Å². The van der Waals surface area contributed by atoms with Crippen molar-refractivity contribution in [1.29, 1.82) is 0 Å². The van der Waals surface area contributed by atoms with Crippen molar-refractivity contribution in [2.45, 2.75) is 32.9 Å². The Morgan fingerprint density at radius 1 is 1.04 bits per heavy atom. The fourth-order valence-electron chi connectivity index (χ4n) is 2.80. The first-order valence-corrected chi connectivity index (χ1v) is 9.10.